The minimum Gasteiger partial charge on any atom is -0.381 e. The van der Waals surface area contributed by atoms with E-state index in [1.54, 1.807) is 7.11 Å². The summed E-state index contributed by atoms with van der Waals surface area (Å²) in [6.45, 7) is 3.85. The smallest absolute Gasteiger partial charge is 0.325 e. The highest BCUT2D eigenvalue weighted by atomic mass is 16.5. The Morgan fingerprint density at radius 2 is 1.80 bits per heavy atom. The molecule has 1 atom stereocenters. The van der Waals surface area contributed by atoms with Gasteiger partial charge in [-0.15, -0.1) is 0 Å². The second-order valence-corrected chi connectivity index (χ2v) is 10.2. The first-order chi connectivity index (χ1) is 14.4. The molecule has 0 radical (unpaired) electrons. The molecule has 5 nitrogen and oxygen atoms in total. The quantitative estimate of drug-likeness (QED) is 0.739. The fourth-order valence-corrected chi connectivity index (χ4v) is 6.88. The van der Waals surface area contributed by atoms with Gasteiger partial charge < -0.3 is 10.1 Å². The van der Waals surface area contributed by atoms with Crippen LogP contribution in [0.2, 0.25) is 0 Å². The van der Waals surface area contributed by atoms with Crippen molar-refractivity contribution in [3.05, 3.63) is 34.9 Å². The van der Waals surface area contributed by atoms with E-state index in [0.29, 0.717) is 5.92 Å². The predicted octanol–water partition coefficient (Wildman–Crippen LogP) is 4.63. The van der Waals surface area contributed by atoms with Crippen LogP contribution in [0.4, 0.5) is 4.79 Å². The van der Waals surface area contributed by atoms with Gasteiger partial charge in [-0.3, -0.25) is 9.69 Å². The molecule has 1 aromatic rings. The minimum atomic E-state index is -0.920. The van der Waals surface area contributed by atoms with E-state index in [1.807, 2.05) is 13.8 Å². The zero-order valence-electron chi connectivity index (χ0n) is 18.5. The number of rotatable bonds is 3. The topological polar surface area (TPSA) is 58.6 Å². The number of carbonyl (C=O) groups is 2. The van der Waals surface area contributed by atoms with E-state index in [-0.39, 0.29) is 29.5 Å². The number of benzene rings is 1. The molecule has 4 aliphatic rings. The number of nitrogens with one attached hydrogen (secondary N) is 1. The van der Waals surface area contributed by atoms with Gasteiger partial charge in [0.2, 0.25) is 0 Å². The van der Waals surface area contributed by atoms with Crippen LogP contribution in [-0.2, 0) is 21.5 Å². The maximum absolute atomic E-state index is 14.0. The number of urea groups is 1. The van der Waals surface area contributed by atoms with E-state index in [4.69, 9.17) is 4.74 Å². The normalized spacial score (nSPS) is 33.9. The van der Waals surface area contributed by atoms with Gasteiger partial charge in [-0.2, -0.15) is 0 Å². The second kappa shape index (κ2) is 7.08. The lowest BCUT2D eigenvalue weighted by Gasteiger charge is -2.46. The molecule has 1 heterocycles. The van der Waals surface area contributed by atoms with Crippen molar-refractivity contribution in [2.24, 2.45) is 5.41 Å². The molecular weight excluding hydrogens is 376 g/mol. The van der Waals surface area contributed by atoms with Crippen LogP contribution in [0.3, 0.4) is 0 Å². The van der Waals surface area contributed by atoms with Crippen molar-refractivity contribution in [2.75, 3.05) is 7.11 Å². The monoisotopic (exact) mass is 410 g/mol. The lowest BCUT2D eigenvalue weighted by atomic mass is 9.61. The van der Waals surface area contributed by atoms with Crippen LogP contribution < -0.4 is 5.32 Å². The van der Waals surface area contributed by atoms with E-state index in [0.717, 1.165) is 37.7 Å². The van der Waals surface area contributed by atoms with Crippen LogP contribution >= 0.6 is 0 Å². The first kappa shape index (κ1) is 20.0. The molecule has 2 spiro atoms. The average molecular weight is 411 g/mol. The van der Waals surface area contributed by atoms with E-state index in [9.17, 15) is 9.59 Å². The molecule has 5 rings (SSSR count). The third-order valence-corrected chi connectivity index (χ3v) is 8.48. The molecule has 3 fully saturated rings. The Kier molecular flexibility index (Phi) is 4.73. The summed E-state index contributed by atoms with van der Waals surface area (Å²) in [7, 11) is 1.78. The molecule has 1 unspecified atom stereocenters. The molecule has 2 saturated carbocycles. The Balaban J connectivity index is 1.63. The summed E-state index contributed by atoms with van der Waals surface area (Å²) in [6, 6.07) is 6.43. The van der Waals surface area contributed by atoms with Crippen molar-refractivity contribution in [1.29, 1.82) is 0 Å². The van der Waals surface area contributed by atoms with Gasteiger partial charge in [-0.05, 0) is 81.4 Å². The van der Waals surface area contributed by atoms with Gasteiger partial charge in [-0.1, -0.05) is 31.0 Å². The van der Waals surface area contributed by atoms with Crippen molar-refractivity contribution >= 4 is 11.9 Å². The summed E-state index contributed by atoms with van der Waals surface area (Å²) in [5.74, 6) is 0.544. The molecular formula is C25H34N2O3. The molecule has 0 bridgehead atoms. The highest BCUT2D eigenvalue weighted by Crippen LogP contribution is 2.60. The standard InChI is InChI=1S/C25H34N2O3/c1-16(2)27-22(28)25(26-23(27)29)21-14-18(17-6-4-5-7-17)8-9-19(21)15-24(25)12-10-20(30-3)11-13-24/h8-9,14,16-17,20H,4-7,10-13,15H2,1-3H3,(H,26,29)/t20-,24-,25?. The molecule has 0 aromatic heterocycles. The molecule has 162 valence electrons. The first-order valence-electron chi connectivity index (χ1n) is 11.7. The Labute approximate surface area is 179 Å². The van der Waals surface area contributed by atoms with Crippen LogP contribution in [0.1, 0.15) is 87.8 Å². The number of nitrogens with zero attached hydrogens (tertiary/aromatic N) is 1. The van der Waals surface area contributed by atoms with Gasteiger partial charge in [0, 0.05) is 18.6 Å². The zero-order chi connectivity index (χ0) is 21.1. The lowest BCUT2D eigenvalue weighted by Crippen LogP contribution is -2.57. The molecule has 3 amide bonds. The molecule has 5 heteroatoms. The summed E-state index contributed by atoms with van der Waals surface area (Å²) < 4.78 is 5.63. The van der Waals surface area contributed by atoms with Gasteiger partial charge in [0.05, 0.1) is 6.10 Å². The highest BCUT2D eigenvalue weighted by molar-refractivity contribution is 6.09. The van der Waals surface area contributed by atoms with Gasteiger partial charge in [0.25, 0.3) is 5.91 Å². The number of imide groups is 1. The molecule has 30 heavy (non-hydrogen) atoms. The lowest BCUT2D eigenvalue weighted by molar-refractivity contribution is -0.139. The van der Waals surface area contributed by atoms with Crippen LogP contribution in [-0.4, -0.2) is 36.1 Å². The third-order valence-electron chi connectivity index (χ3n) is 8.48. The van der Waals surface area contributed by atoms with Crippen molar-refractivity contribution < 1.29 is 14.3 Å². The predicted molar refractivity (Wildman–Crippen MR) is 115 cm³/mol. The fourth-order valence-electron chi connectivity index (χ4n) is 6.88. The van der Waals surface area contributed by atoms with E-state index >= 15 is 0 Å². The molecule has 1 aromatic carbocycles. The van der Waals surface area contributed by atoms with Gasteiger partial charge in [-0.25, -0.2) is 4.79 Å². The number of hydrogen-bond acceptors (Lipinski definition) is 3. The van der Waals surface area contributed by atoms with Crippen molar-refractivity contribution in [3.63, 3.8) is 0 Å². The van der Waals surface area contributed by atoms with Crippen LogP contribution in [0.5, 0.6) is 0 Å². The number of ether oxygens (including phenoxy) is 1. The molecule has 1 aliphatic heterocycles. The number of hydrogen-bond donors (Lipinski definition) is 1. The number of fused-ring (bicyclic) bond motifs is 3. The Bertz CT molecular complexity index is 865. The van der Waals surface area contributed by atoms with Gasteiger partial charge in [0.15, 0.2) is 5.54 Å². The van der Waals surface area contributed by atoms with Crippen molar-refractivity contribution in [1.82, 2.24) is 10.2 Å². The number of amides is 3. The van der Waals surface area contributed by atoms with E-state index in [1.165, 1.54) is 41.7 Å². The van der Waals surface area contributed by atoms with Crippen molar-refractivity contribution in [2.45, 2.75) is 95.2 Å². The van der Waals surface area contributed by atoms with Gasteiger partial charge in [0.1, 0.15) is 0 Å². The van der Waals surface area contributed by atoms with E-state index < -0.39 is 5.54 Å². The second-order valence-electron chi connectivity index (χ2n) is 10.2. The Morgan fingerprint density at radius 1 is 1.10 bits per heavy atom. The maximum atomic E-state index is 14.0. The summed E-state index contributed by atoms with van der Waals surface area (Å²) in [5.41, 5.74) is 2.49. The average Bonchev–Trinajstić information content (AvgIpc) is 3.41. The SMILES string of the molecule is CO[C@H]1CC[C@]2(CC1)Cc1ccc(C3CCCC3)cc1C21NC(=O)N(C(C)C)C1=O. The van der Waals surface area contributed by atoms with Crippen LogP contribution in [0.25, 0.3) is 0 Å². The summed E-state index contributed by atoms with van der Waals surface area (Å²) in [5, 5.41) is 3.27. The molecule has 1 N–H and O–H groups in total. The third kappa shape index (κ3) is 2.63. The number of carbonyl (C=O) groups excluding carboxylic acids is 2. The maximum Gasteiger partial charge on any atom is 0.325 e. The van der Waals surface area contributed by atoms with E-state index in [2.05, 4.69) is 23.5 Å². The number of methoxy groups -OCH3 is 1. The summed E-state index contributed by atoms with van der Waals surface area (Å²) >= 11 is 0. The van der Waals surface area contributed by atoms with Gasteiger partial charge >= 0.3 is 6.03 Å². The largest absolute Gasteiger partial charge is 0.381 e. The summed E-state index contributed by atoms with van der Waals surface area (Å²) in [6.07, 6.45) is 9.81. The van der Waals surface area contributed by atoms with Crippen LogP contribution in [0, 0.1) is 5.41 Å². The molecule has 1 saturated heterocycles. The first-order valence-corrected chi connectivity index (χ1v) is 11.7. The zero-order valence-corrected chi connectivity index (χ0v) is 18.5. The van der Waals surface area contributed by atoms with Crippen molar-refractivity contribution in [3.8, 4) is 0 Å². The minimum absolute atomic E-state index is 0.0410. The highest BCUT2D eigenvalue weighted by Gasteiger charge is 2.68. The Hall–Kier alpha value is -1.88. The molecule has 3 aliphatic carbocycles. The summed E-state index contributed by atoms with van der Waals surface area (Å²) in [4.78, 5) is 28.5. The fraction of sp³-hybridized carbons (Fsp3) is 0.680. The Morgan fingerprint density at radius 3 is 2.40 bits per heavy atom. The van der Waals surface area contributed by atoms with Crippen LogP contribution in [0.15, 0.2) is 18.2 Å².